The number of hydrogen-bond acceptors (Lipinski definition) is 1. The van der Waals surface area contributed by atoms with Gasteiger partial charge in [0.25, 0.3) is 0 Å². The molecule has 2 nitrogen and oxygen atoms in total. The van der Waals surface area contributed by atoms with E-state index in [1.165, 1.54) is 5.56 Å². The number of hydrogen-bond donors (Lipinski definition) is 0. The van der Waals surface area contributed by atoms with Crippen molar-refractivity contribution >= 4 is 5.91 Å². The molecule has 0 fully saturated rings. The van der Waals surface area contributed by atoms with Crippen molar-refractivity contribution in [2.75, 3.05) is 6.54 Å². The highest BCUT2D eigenvalue weighted by molar-refractivity contribution is 5.86. The van der Waals surface area contributed by atoms with Crippen molar-refractivity contribution in [2.45, 2.75) is 33.2 Å². The fourth-order valence-corrected chi connectivity index (χ4v) is 2.52. The van der Waals surface area contributed by atoms with E-state index in [0.29, 0.717) is 6.54 Å². The van der Waals surface area contributed by atoms with E-state index in [0.717, 1.165) is 19.4 Å². The Kier molecular flexibility index (Phi) is 5.38. The first-order valence-electron chi connectivity index (χ1n) is 7.69. The Balaban J connectivity index is 2.13. The van der Waals surface area contributed by atoms with Crippen LogP contribution in [0.1, 0.15) is 32.3 Å². The molecule has 0 N–H and O–H groups in total. The van der Waals surface area contributed by atoms with Crippen molar-refractivity contribution < 1.29 is 4.79 Å². The molecule has 0 saturated carbocycles. The van der Waals surface area contributed by atoms with Gasteiger partial charge in [0.2, 0.25) is 5.91 Å². The Labute approximate surface area is 128 Å². The highest BCUT2D eigenvalue weighted by Gasteiger charge is 2.34. The van der Waals surface area contributed by atoms with Crippen LogP contribution in [-0.4, -0.2) is 17.4 Å². The van der Waals surface area contributed by atoms with Crippen LogP contribution in [0.3, 0.4) is 0 Å². The van der Waals surface area contributed by atoms with Crippen LogP contribution in [0.2, 0.25) is 0 Å². The van der Waals surface area contributed by atoms with Crippen LogP contribution in [-0.2, 0) is 11.3 Å². The molecule has 111 valence electrons. The summed E-state index contributed by atoms with van der Waals surface area (Å²) in [4.78, 5) is 14.9. The molecule has 0 bridgehead atoms. The monoisotopic (exact) mass is 282 g/mol. The molecule has 0 heterocycles. The summed E-state index contributed by atoms with van der Waals surface area (Å²) < 4.78 is 0. The minimum atomic E-state index is -0.517. The molecule has 21 heavy (non-hydrogen) atoms. The smallest absolute Gasteiger partial charge is 0.233 e. The molecule has 1 aromatic rings. The van der Waals surface area contributed by atoms with Crippen molar-refractivity contribution in [2.24, 2.45) is 5.41 Å². The maximum atomic E-state index is 12.9. The van der Waals surface area contributed by atoms with Gasteiger partial charge in [-0.15, -0.1) is 0 Å². The second-order valence-electron chi connectivity index (χ2n) is 5.76. The summed E-state index contributed by atoms with van der Waals surface area (Å²) in [5, 5.41) is 0. The van der Waals surface area contributed by atoms with Crippen LogP contribution in [0.5, 0.6) is 0 Å². The number of allylic oxidation sites excluding steroid dienone is 3. The fourth-order valence-electron chi connectivity index (χ4n) is 2.52. The standard InChI is InChI=1S/C19H24NO/c1-3-4-15-20(16-17-11-7-5-8-12-17)18(21)19(2)13-9-6-10-14-19/h5-14H,3-4,15-16H2,1-2H3. The van der Waals surface area contributed by atoms with E-state index in [4.69, 9.17) is 0 Å². The van der Waals surface area contributed by atoms with Gasteiger partial charge in [-0.05, 0) is 18.9 Å². The van der Waals surface area contributed by atoms with Gasteiger partial charge in [-0.1, -0.05) is 68.0 Å². The van der Waals surface area contributed by atoms with E-state index in [2.05, 4.69) is 19.1 Å². The van der Waals surface area contributed by atoms with E-state index in [-0.39, 0.29) is 5.91 Å². The Morgan fingerprint density at radius 2 is 1.90 bits per heavy atom. The van der Waals surface area contributed by atoms with Crippen LogP contribution in [0.4, 0.5) is 0 Å². The summed E-state index contributed by atoms with van der Waals surface area (Å²) in [6.07, 6.45) is 12.0. The maximum Gasteiger partial charge on any atom is 0.233 e. The number of carbonyl (C=O) groups excluding carboxylic acids is 1. The number of rotatable bonds is 6. The first-order valence-corrected chi connectivity index (χ1v) is 7.69. The number of amides is 1. The van der Waals surface area contributed by atoms with E-state index < -0.39 is 5.41 Å². The Bertz CT molecular complexity index is 518. The lowest BCUT2D eigenvalue weighted by Crippen LogP contribution is -2.42. The quantitative estimate of drug-likeness (QED) is 0.767. The molecule has 0 aromatic heterocycles. The van der Waals surface area contributed by atoms with Gasteiger partial charge in [0.1, 0.15) is 0 Å². The Morgan fingerprint density at radius 3 is 2.52 bits per heavy atom. The highest BCUT2D eigenvalue weighted by Crippen LogP contribution is 2.29. The molecule has 1 aliphatic carbocycles. The van der Waals surface area contributed by atoms with Crippen LogP contribution >= 0.6 is 0 Å². The molecule has 0 saturated heterocycles. The van der Waals surface area contributed by atoms with Gasteiger partial charge in [-0.25, -0.2) is 0 Å². The lowest BCUT2D eigenvalue weighted by atomic mass is 9.82. The zero-order chi connectivity index (χ0) is 15.1. The maximum absolute atomic E-state index is 12.9. The molecule has 1 aromatic carbocycles. The third-order valence-corrected chi connectivity index (χ3v) is 3.85. The van der Waals surface area contributed by atoms with Gasteiger partial charge in [-0.3, -0.25) is 4.79 Å². The molecule has 2 rings (SSSR count). The summed E-state index contributed by atoms with van der Waals surface area (Å²) in [5.41, 5.74) is 0.665. The normalized spacial score (nSPS) is 20.5. The molecule has 0 spiro atoms. The van der Waals surface area contributed by atoms with Crippen molar-refractivity contribution in [1.29, 1.82) is 0 Å². The number of carbonyl (C=O) groups is 1. The third kappa shape index (κ3) is 4.07. The minimum Gasteiger partial charge on any atom is -0.338 e. The summed E-state index contributed by atoms with van der Waals surface area (Å²) in [7, 11) is 0. The predicted molar refractivity (Wildman–Crippen MR) is 87.5 cm³/mol. The molecule has 1 amide bonds. The van der Waals surface area contributed by atoms with Gasteiger partial charge in [0.05, 0.1) is 5.41 Å². The van der Waals surface area contributed by atoms with Crippen LogP contribution < -0.4 is 0 Å². The topological polar surface area (TPSA) is 20.3 Å². The molecular weight excluding hydrogens is 258 g/mol. The molecule has 1 atom stereocenters. The van der Waals surface area contributed by atoms with Crippen LogP contribution in [0.15, 0.2) is 54.6 Å². The number of benzene rings is 1. The molecular formula is C19H24NO. The zero-order valence-corrected chi connectivity index (χ0v) is 13.0. The highest BCUT2D eigenvalue weighted by atomic mass is 16.2. The summed E-state index contributed by atoms with van der Waals surface area (Å²) in [5.74, 6) is 0.181. The molecule has 2 heteroatoms. The first-order chi connectivity index (χ1) is 10.2. The predicted octanol–water partition coefficient (Wildman–Crippen LogP) is 4.15. The van der Waals surface area contributed by atoms with Gasteiger partial charge >= 0.3 is 0 Å². The summed E-state index contributed by atoms with van der Waals surface area (Å²) in [6, 6.07) is 10.2. The van der Waals surface area contributed by atoms with Gasteiger partial charge in [-0.2, -0.15) is 0 Å². The molecule has 0 aliphatic heterocycles. The van der Waals surface area contributed by atoms with E-state index >= 15 is 0 Å². The number of nitrogens with zero attached hydrogens (tertiary/aromatic N) is 1. The second-order valence-corrected chi connectivity index (χ2v) is 5.76. The third-order valence-electron chi connectivity index (χ3n) is 3.85. The van der Waals surface area contributed by atoms with Crippen LogP contribution in [0, 0.1) is 11.8 Å². The van der Waals surface area contributed by atoms with E-state index in [1.807, 2.05) is 60.7 Å². The lowest BCUT2D eigenvalue weighted by molar-refractivity contribution is -0.137. The van der Waals surface area contributed by atoms with Crippen molar-refractivity contribution in [1.82, 2.24) is 4.90 Å². The largest absolute Gasteiger partial charge is 0.338 e. The molecule has 1 radical (unpaired) electrons. The first kappa shape index (κ1) is 15.6. The van der Waals surface area contributed by atoms with E-state index in [9.17, 15) is 4.79 Å². The van der Waals surface area contributed by atoms with Crippen molar-refractivity contribution in [3.05, 3.63) is 66.6 Å². The summed E-state index contributed by atoms with van der Waals surface area (Å²) in [6.45, 7) is 5.63. The SMILES string of the molecule is CCCCN(Cc1ccccc1)C(=O)C1(C)[CH]C=CC=C1. The van der Waals surface area contributed by atoms with Gasteiger partial charge in [0, 0.05) is 19.5 Å². The summed E-state index contributed by atoms with van der Waals surface area (Å²) >= 11 is 0. The molecule has 1 aliphatic rings. The van der Waals surface area contributed by atoms with Crippen molar-refractivity contribution in [3.63, 3.8) is 0 Å². The average molecular weight is 282 g/mol. The van der Waals surface area contributed by atoms with E-state index in [1.54, 1.807) is 0 Å². The number of unbranched alkanes of at least 4 members (excludes halogenated alkanes) is 1. The van der Waals surface area contributed by atoms with Crippen molar-refractivity contribution in [3.8, 4) is 0 Å². The zero-order valence-electron chi connectivity index (χ0n) is 13.0. The van der Waals surface area contributed by atoms with Gasteiger partial charge < -0.3 is 4.90 Å². The van der Waals surface area contributed by atoms with Crippen LogP contribution in [0.25, 0.3) is 0 Å². The molecule has 1 unspecified atom stereocenters. The second kappa shape index (κ2) is 7.26. The average Bonchev–Trinajstić information content (AvgIpc) is 2.52. The Hall–Kier alpha value is -1.83. The van der Waals surface area contributed by atoms with Gasteiger partial charge in [0.15, 0.2) is 0 Å². The minimum absolute atomic E-state index is 0.181. The lowest BCUT2D eigenvalue weighted by Gasteiger charge is -2.33. The fraction of sp³-hybridized carbons (Fsp3) is 0.368. The Morgan fingerprint density at radius 1 is 1.14 bits per heavy atom.